The molecule has 184 valence electrons. The van der Waals surface area contributed by atoms with Crippen LogP contribution in [-0.4, -0.2) is 56.6 Å². The van der Waals surface area contributed by atoms with Crippen LogP contribution in [0.1, 0.15) is 38.2 Å². The molecule has 0 radical (unpaired) electrons. The summed E-state index contributed by atoms with van der Waals surface area (Å²) < 4.78 is 26.1. The van der Waals surface area contributed by atoms with Gasteiger partial charge in [-0.1, -0.05) is 60.8 Å². The van der Waals surface area contributed by atoms with E-state index in [-0.39, 0.29) is 18.5 Å². The first-order valence-corrected chi connectivity index (χ1v) is 13.7. The van der Waals surface area contributed by atoms with E-state index >= 15 is 0 Å². The summed E-state index contributed by atoms with van der Waals surface area (Å²) in [6.07, 6.45) is 5.63. The molecule has 0 saturated heterocycles. The summed E-state index contributed by atoms with van der Waals surface area (Å²) in [7, 11) is -3.77. The largest absolute Gasteiger partial charge is 0.352 e. The second-order valence-corrected chi connectivity index (χ2v) is 11.1. The number of hydrogen-bond acceptors (Lipinski definition) is 4. The van der Waals surface area contributed by atoms with Crippen molar-refractivity contribution in [1.82, 2.24) is 10.2 Å². The maximum absolute atomic E-state index is 13.5. The highest BCUT2D eigenvalue weighted by atomic mass is 35.5. The van der Waals surface area contributed by atoms with Crippen LogP contribution in [0.2, 0.25) is 5.02 Å². The van der Waals surface area contributed by atoms with Crippen LogP contribution in [0.4, 0.5) is 5.69 Å². The van der Waals surface area contributed by atoms with E-state index in [2.05, 4.69) is 5.32 Å². The van der Waals surface area contributed by atoms with Crippen molar-refractivity contribution in [2.45, 2.75) is 51.1 Å². The lowest BCUT2D eigenvalue weighted by Gasteiger charge is -2.32. The van der Waals surface area contributed by atoms with Crippen molar-refractivity contribution in [3.8, 4) is 0 Å². The lowest BCUT2D eigenvalue weighted by Crippen LogP contribution is -2.53. The van der Waals surface area contributed by atoms with E-state index in [0.29, 0.717) is 17.1 Å². The number of amides is 2. The van der Waals surface area contributed by atoms with Crippen molar-refractivity contribution in [2.24, 2.45) is 0 Å². The van der Waals surface area contributed by atoms with E-state index in [1.165, 1.54) is 11.0 Å². The van der Waals surface area contributed by atoms with E-state index in [1.54, 1.807) is 25.1 Å². The molecule has 1 aliphatic carbocycles. The first-order chi connectivity index (χ1) is 16.1. The Kier molecular flexibility index (Phi) is 8.97. The van der Waals surface area contributed by atoms with Gasteiger partial charge in [0, 0.05) is 17.6 Å². The van der Waals surface area contributed by atoms with Crippen molar-refractivity contribution in [2.75, 3.05) is 23.7 Å². The number of rotatable bonds is 10. The molecule has 1 aliphatic rings. The van der Waals surface area contributed by atoms with Crippen LogP contribution >= 0.6 is 11.6 Å². The summed E-state index contributed by atoms with van der Waals surface area (Å²) in [5.74, 6) is -0.669. The minimum absolute atomic E-state index is 0.125. The predicted molar refractivity (Wildman–Crippen MR) is 135 cm³/mol. The fourth-order valence-electron chi connectivity index (χ4n) is 4.21. The van der Waals surface area contributed by atoms with Gasteiger partial charge in [-0.25, -0.2) is 8.42 Å². The Labute approximate surface area is 207 Å². The molecule has 2 amide bonds. The third kappa shape index (κ3) is 7.21. The zero-order chi connectivity index (χ0) is 24.7. The summed E-state index contributed by atoms with van der Waals surface area (Å²) in [6.45, 7) is 1.56. The summed E-state index contributed by atoms with van der Waals surface area (Å²) in [6, 6.07) is 15.4. The summed E-state index contributed by atoms with van der Waals surface area (Å²) in [5, 5.41) is 3.42. The van der Waals surface area contributed by atoms with E-state index in [4.69, 9.17) is 11.6 Å². The van der Waals surface area contributed by atoms with Crippen LogP contribution in [0.5, 0.6) is 0 Å². The van der Waals surface area contributed by atoms with Crippen molar-refractivity contribution >= 4 is 39.1 Å². The Balaban J connectivity index is 1.81. The van der Waals surface area contributed by atoms with E-state index < -0.39 is 28.5 Å². The topological polar surface area (TPSA) is 86.8 Å². The monoisotopic (exact) mass is 505 g/mol. The van der Waals surface area contributed by atoms with Crippen molar-refractivity contribution < 1.29 is 18.0 Å². The molecule has 1 atom stereocenters. The van der Waals surface area contributed by atoms with E-state index in [0.717, 1.165) is 41.8 Å². The number of halogens is 1. The number of anilines is 1. The molecule has 7 nitrogen and oxygen atoms in total. The van der Waals surface area contributed by atoms with Crippen LogP contribution in [0.3, 0.4) is 0 Å². The van der Waals surface area contributed by atoms with Gasteiger partial charge in [0.05, 0.1) is 11.9 Å². The van der Waals surface area contributed by atoms with Gasteiger partial charge in [0.2, 0.25) is 21.8 Å². The molecule has 1 saturated carbocycles. The number of sulfonamides is 1. The lowest BCUT2D eigenvalue weighted by molar-refractivity contribution is -0.139. The predicted octanol–water partition coefficient (Wildman–Crippen LogP) is 3.62. The van der Waals surface area contributed by atoms with E-state index in [1.807, 2.05) is 30.3 Å². The van der Waals surface area contributed by atoms with Gasteiger partial charge in [-0.15, -0.1) is 0 Å². The molecule has 0 aromatic heterocycles. The van der Waals surface area contributed by atoms with Crippen LogP contribution in [0.25, 0.3) is 0 Å². The minimum Gasteiger partial charge on any atom is -0.352 e. The molecule has 1 unspecified atom stereocenters. The molecule has 9 heteroatoms. The molecule has 3 rings (SSSR count). The SMILES string of the molecule is CC(C(=O)NC1CCCC1)N(CCc1ccccc1)C(=O)CN(c1cccc(Cl)c1)S(C)(=O)=O. The van der Waals surface area contributed by atoms with Crippen molar-refractivity contribution in [3.05, 3.63) is 65.2 Å². The zero-order valence-electron chi connectivity index (χ0n) is 19.6. The molecule has 0 heterocycles. The number of hydrogen-bond donors (Lipinski definition) is 1. The van der Waals surface area contributed by atoms with Crippen molar-refractivity contribution in [1.29, 1.82) is 0 Å². The molecule has 2 aromatic carbocycles. The van der Waals surface area contributed by atoms with Gasteiger partial charge in [-0.3, -0.25) is 13.9 Å². The molecular formula is C25H32ClN3O4S. The fraction of sp³-hybridized carbons (Fsp3) is 0.440. The second-order valence-electron chi connectivity index (χ2n) is 8.74. The third-order valence-corrected chi connectivity index (χ3v) is 7.50. The third-order valence-electron chi connectivity index (χ3n) is 6.13. The smallest absolute Gasteiger partial charge is 0.244 e. The Morgan fingerprint density at radius 3 is 2.38 bits per heavy atom. The van der Waals surface area contributed by atoms with Crippen LogP contribution in [0.15, 0.2) is 54.6 Å². The van der Waals surface area contributed by atoms with Gasteiger partial charge in [-0.2, -0.15) is 0 Å². The van der Waals surface area contributed by atoms with Crippen LogP contribution < -0.4 is 9.62 Å². The Morgan fingerprint density at radius 2 is 1.76 bits per heavy atom. The molecule has 0 spiro atoms. The molecule has 1 fully saturated rings. The second kappa shape index (κ2) is 11.7. The number of carbonyl (C=O) groups excluding carboxylic acids is 2. The standard InChI is InChI=1S/C25H32ClN3O4S/c1-19(25(31)27-22-12-6-7-13-22)28(16-15-20-9-4-3-5-10-20)24(30)18-29(34(2,32)33)23-14-8-11-21(26)17-23/h3-5,8-11,14,17,19,22H,6-7,12-13,15-16,18H2,1-2H3,(H,27,31). The molecule has 0 aliphatic heterocycles. The average molecular weight is 506 g/mol. The molecular weight excluding hydrogens is 474 g/mol. The highest BCUT2D eigenvalue weighted by molar-refractivity contribution is 7.92. The van der Waals surface area contributed by atoms with Gasteiger partial charge in [-0.05, 0) is 49.9 Å². The maximum atomic E-state index is 13.5. The molecule has 1 N–H and O–H groups in total. The normalized spacial score (nSPS) is 15.0. The molecule has 0 bridgehead atoms. The van der Waals surface area contributed by atoms with Gasteiger partial charge in [0.15, 0.2) is 0 Å². The number of benzene rings is 2. The van der Waals surface area contributed by atoms with E-state index in [9.17, 15) is 18.0 Å². The van der Waals surface area contributed by atoms with Gasteiger partial charge in [0.25, 0.3) is 0 Å². The Hall–Kier alpha value is -2.58. The minimum atomic E-state index is -3.77. The number of carbonyl (C=O) groups is 2. The molecule has 34 heavy (non-hydrogen) atoms. The summed E-state index contributed by atoms with van der Waals surface area (Å²) >= 11 is 6.06. The maximum Gasteiger partial charge on any atom is 0.244 e. The van der Waals surface area contributed by atoms with Gasteiger partial charge < -0.3 is 10.2 Å². The summed E-state index contributed by atoms with van der Waals surface area (Å²) in [4.78, 5) is 27.9. The zero-order valence-corrected chi connectivity index (χ0v) is 21.2. The highest BCUT2D eigenvalue weighted by Crippen LogP contribution is 2.22. The highest BCUT2D eigenvalue weighted by Gasteiger charge is 2.31. The fourth-order valence-corrected chi connectivity index (χ4v) is 5.23. The first kappa shape index (κ1) is 26.0. The van der Waals surface area contributed by atoms with Crippen molar-refractivity contribution in [3.63, 3.8) is 0 Å². The first-order valence-electron chi connectivity index (χ1n) is 11.5. The van der Waals surface area contributed by atoms with Crippen LogP contribution in [0, 0.1) is 0 Å². The average Bonchev–Trinajstić information content (AvgIpc) is 3.30. The molecule has 2 aromatic rings. The number of nitrogens with zero attached hydrogens (tertiary/aromatic N) is 2. The quantitative estimate of drug-likeness (QED) is 0.534. The van der Waals surface area contributed by atoms with Crippen LogP contribution in [-0.2, 0) is 26.0 Å². The Morgan fingerprint density at radius 1 is 1.09 bits per heavy atom. The number of nitrogens with one attached hydrogen (secondary N) is 1. The Bertz CT molecular complexity index is 1090. The van der Waals surface area contributed by atoms with Gasteiger partial charge in [0.1, 0.15) is 12.6 Å². The lowest BCUT2D eigenvalue weighted by atomic mass is 10.1. The van der Waals surface area contributed by atoms with Gasteiger partial charge >= 0.3 is 0 Å². The summed E-state index contributed by atoms with van der Waals surface area (Å²) in [5.41, 5.74) is 1.33.